The van der Waals surface area contributed by atoms with Crippen LogP contribution in [0, 0.1) is 18.8 Å². The monoisotopic (exact) mass is 425 g/mol. The molecule has 1 N–H and O–H groups in total. The molecule has 0 saturated carbocycles. The summed E-state index contributed by atoms with van der Waals surface area (Å²) in [6, 6.07) is 9.50. The Labute approximate surface area is 180 Å². The molecule has 3 aliphatic heterocycles. The maximum atomic E-state index is 13.6. The molecule has 2 amide bonds. The lowest BCUT2D eigenvalue weighted by Crippen LogP contribution is -2.55. The third-order valence-corrected chi connectivity index (χ3v) is 7.07. The number of hydrogen-bond donors (Lipinski definition) is 1. The highest BCUT2D eigenvalue weighted by Gasteiger charge is 2.63. The molecule has 0 unspecified atom stereocenters. The number of ether oxygens (including phenoxy) is 1. The molecule has 4 atom stereocenters. The first-order valence-corrected chi connectivity index (χ1v) is 10.8. The molecule has 8 heteroatoms. The molecule has 3 aliphatic rings. The quantitative estimate of drug-likeness (QED) is 0.801. The molecule has 2 aromatic rings. The summed E-state index contributed by atoms with van der Waals surface area (Å²) >= 11 is 0. The van der Waals surface area contributed by atoms with Gasteiger partial charge in [-0.1, -0.05) is 42.4 Å². The summed E-state index contributed by atoms with van der Waals surface area (Å²) in [6.45, 7) is 5.40. The molecule has 8 nitrogen and oxygen atoms in total. The number of rotatable bonds is 4. The van der Waals surface area contributed by atoms with Crippen molar-refractivity contribution < 1.29 is 24.0 Å². The number of benzene rings is 1. The Morgan fingerprint density at radius 2 is 1.94 bits per heavy atom. The minimum atomic E-state index is -0.630. The van der Waals surface area contributed by atoms with Crippen LogP contribution in [0.3, 0.4) is 0 Å². The van der Waals surface area contributed by atoms with Crippen LogP contribution in [0.1, 0.15) is 29.5 Å². The van der Waals surface area contributed by atoms with Gasteiger partial charge in [0.25, 0.3) is 5.91 Å². The van der Waals surface area contributed by atoms with E-state index in [-0.39, 0.29) is 36.4 Å². The summed E-state index contributed by atoms with van der Waals surface area (Å²) in [5.41, 5.74) is 1.18. The first kappa shape index (κ1) is 20.2. The Balaban J connectivity index is 1.45. The average molecular weight is 425 g/mol. The first-order chi connectivity index (χ1) is 15.0. The van der Waals surface area contributed by atoms with E-state index in [0.717, 1.165) is 5.56 Å². The third-order valence-electron chi connectivity index (χ3n) is 7.07. The van der Waals surface area contributed by atoms with E-state index >= 15 is 0 Å². The van der Waals surface area contributed by atoms with E-state index < -0.39 is 5.60 Å². The predicted octanol–water partition coefficient (Wildman–Crippen LogP) is 1.72. The maximum Gasteiger partial charge on any atom is 0.259 e. The van der Waals surface area contributed by atoms with Crippen LogP contribution in [0.25, 0.3) is 11.3 Å². The van der Waals surface area contributed by atoms with Crippen molar-refractivity contribution >= 4 is 11.8 Å². The zero-order valence-corrected chi connectivity index (χ0v) is 17.8. The number of aryl methyl sites for hydroxylation is 1. The number of carbonyl (C=O) groups excluding carboxylic acids is 2. The third kappa shape index (κ3) is 3.08. The molecule has 1 aromatic heterocycles. The van der Waals surface area contributed by atoms with Gasteiger partial charge in [-0.05, 0) is 6.92 Å². The lowest BCUT2D eigenvalue weighted by molar-refractivity contribution is -0.152. The molecule has 0 radical (unpaired) electrons. The van der Waals surface area contributed by atoms with Gasteiger partial charge in [-0.2, -0.15) is 0 Å². The largest absolute Gasteiger partial charge is 0.396 e. The molecular formula is C23H27N3O5. The Morgan fingerprint density at radius 1 is 1.19 bits per heavy atom. The molecule has 2 bridgehead atoms. The molecule has 31 heavy (non-hydrogen) atoms. The normalized spacial score (nSPS) is 29.3. The number of aromatic nitrogens is 1. The molecule has 4 heterocycles. The van der Waals surface area contributed by atoms with Crippen molar-refractivity contribution in [2.24, 2.45) is 11.8 Å². The molecule has 3 fully saturated rings. The Kier molecular flexibility index (Phi) is 4.86. The van der Waals surface area contributed by atoms with Crippen LogP contribution in [-0.2, 0) is 9.53 Å². The van der Waals surface area contributed by atoms with Crippen LogP contribution in [0.15, 0.2) is 34.9 Å². The summed E-state index contributed by atoms with van der Waals surface area (Å²) < 4.78 is 11.8. The number of aliphatic hydroxyl groups excluding tert-OH is 1. The first-order valence-electron chi connectivity index (χ1n) is 10.8. The molecular weight excluding hydrogens is 398 g/mol. The van der Waals surface area contributed by atoms with E-state index in [0.29, 0.717) is 49.6 Å². The van der Waals surface area contributed by atoms with Crippen molar-refractivity contribution in [3.05, 3.63) is 41.7 Å². The highest BCUT2D eigenvalue weighted by molar-refractivity contribution is 6.01. The van der Waals surface area contributed by atoms with E-state index in [1.807, 2.05) is 42.2 Å². The predicted molar refractivity (Wildman–Crippen MR) is 111 cm³/mol. The Morgan fingerprint density at radius 3 is 2.65 bits per heavy atom. The minimum Gasteiger partial charge on any atom is -0.396 e. The van der Waals surface area contributed by atoms with E-state index in [4.69, 9.17) is 9.26 Å². The number of nitrogens with zero attached hydrogens (tertiary/aromatic N) is 3. The fraction of sp³-hybridized carbons (Fsp3) is 0.522. The van der Waals surface area contributed by atoms with Gasteiger partial charge in [0.2, 0.25) is 5.91 Å². The van der Waals surface area contributed by atoms with Gasteiger partial charge in [0.1, 0.15) is 22.6 Å². The molecule has 3 saturated heterocycles. The molecule has 1 aromatic carbocycles. The molecule has 164 valence electrons. The summed E-state index contributed by atoms with van der Waals surface area (Å²) in [5.74, 6) is 0.293. The number of carbonyl (C=O) groups is 2. The van der Waals surface area contributed by atoms with Crippen molar-refractivity contribution in [2.45, 2.75) is 32.0 Å². The zero-order valence-electron chi connectivity index (χ0n) is 17.8. The Hall–Kier alpha value is -2.71. The number of morpholine rings is 1. The lowest BCUT2D eigenvalue weighted by atomic mass is 9.83. The van der Waals surface area contributed by atoms with Gasteiger partial charge in [-0.15, -0.1) is 0 Å². The van der Waals surface area contributed by atoms with Gasteiger partial charge in [0, 0.05) is 43.5 Å². The van der Waals surface area contributed by atoms with Crippen LogP contribution >= 0.6 is 0 Å². The topological polar surface area (TPSA) is 96.1 Å². The van der Waals surface area contributed by atoms with Gasteiger partial charge >= 0.3 is 0 Å². The van der Waals surface area contributed by atoms with Gasteiger partial charge in [-0.25, -0.2) is 0 Å². The minimum absolute atomic E-state index is 0.0125. The molecule has 5 rings (SSSR count). The van der Waals surface area contributed by atoms with E-state index in [1.54, 1.807) is 11.8 Å². The lowest BCUT2D eigenvalue weighted by Gasteiger charge is -2.40. The Bertz CT molecular complexity index is 1010. The van der Waals surface area contributed by atoms with Gasteiger partial charge in [0.15, 0.2) is 0 Å². The van der Waals surface area contributed by atoms with Gasteiger partial charge in [-0.3, -0.25) is 9.59 Å². The second-order valence-corrected chi connectivity index (χ2v) is 8.82. The van der Waals surface area contributed by atoms with Crippen LogP contribution in [0.5, 0.6) is 0 Å². The fourth-order valence-corrected chi connectivity index (χ4v) is 5.58. The SMILES string of the molecule is CCC(=O)N1C[C@H]2O[C@]3(C1)CN(C(=O)c1c(-c4ccccc4)noc1C)C[C@@H]3[C@@H]2CO. The smallest absolute Gasteiger partial charge is 0.259 e. The number of hydrogen-bond acceptors (Lipinski definition) is 6. The highest BCUT2D eigenvalue weighted by atomic mass is 16.5. The highest BCUT2D eigenvalue weighted by Crippen LogP contribution is 2.49. The van der Waals surface area contributed by atoms with Crippen LogP contribution in [0.4, 0.5) is 0 Å². The van der Waals surface area contributed by atoms with Crippen molar-refractivity contribution in [1.29, 1.82) is 0 Å². The standard InChI is InChI=1S/C23H27N3O5/c1-3-19(28)25-10-18-16(11-27)17-9-26(13-23(17,12-25)30-18)22(29)20-14(2)31-24-21(20)15-7-5-4-6-8-15/h4-8,16-18,27H,3,9-13H2,1-2H3/t16-,17+,18+,23+/m0/s1. The fourth-order valence-electron chi connectivity index (χ4n) is 5.58. The average Bonchev–Trinajstić information content (AvgIpc) is 3.40. The molecule has 1 spiro atoms. The van der Waals surface area contributed by atoms with Crippen molar-refractivity contribution in [3.63, 3.8) is 0 Å². The summed E-state index contributed by atoms with van der Waals surface area (Å²) in [7, 11) is 0. The van der Waals surface area contributed by atoms with Crippen LogP contribution in [-0.4, -0.2) is 76.4 Å². The zero-order chi connectivity index (χ0) is 21.8. The van der Waals surface area contributed by atoms with E-state index in [1.165, 1.54) is 0 Å². The van der Waals surface area contributed by atoms with Crippen molar-refractivity contribution in [1.82, 2.24) is 15.0 Å². The number of likely N-dealkylation sites (tertiary alicyclic amines) is 2. The van der Waals surface area contributed by atoms with Gasteiger partial charge in [0.05, 0.1) is 19.2 Å². The summed E-state index contributed by atoms with van der Waals surface area (Å²) in [5, 5.41) is 14.2. The second-order valence-electron chi connectivity index (χ2n) is 8.82. The number of aliphatic hydroxyl groups is 1. The van der Waals surface area contributed by atoms with Crippen molar-refractivity contribution in [3.8, 4) is 11.3 Å². The van der Waals surface area contributed by atoms with E-state index in [2.05, 4.69) is 5.16 Å². The number of fused-ring (bicyclic) bond motifs is 1. The van der Waals surface area contributed by atoms with Crippen molar-refractivity contribution in [2.75, 3.05) is 32.8 Å². The summed E-state index contributed by atoms with van der Waals surface area (Å²) in [6.07, 6.45) is 0.244. The molecule has 0 aliphatic carbocycles. The van der Waals surface area contributed by atoms with Crippen LogP contribution < -0.4 is 0 Å². The van der Waals surface area contributed by atoms with Crippen LogP contribution in [0.2, 0.25) is 0 Å². The van der Waals surface area contributed by atoms with Gasteiger partial charge < -0.3 is 24.2 Å². The maximum absolute atomic E-state index is 13.6. The second kappa shape index (κ2) is 7.46. The van der Waals surface area contributed by atoms with E-state index in [9.17, 15) is 14.7 Å². The number of amides is 2. The summed E-state index contributed by atoms with van der Waals surface area (Å²) in [4.78, 5) is 29.6.